The van der Waals surface area contributed by atoms with Crippen LogP contribution in [0, 0.1) is 0 Å². The molecule has 1 aliphatic rings. The number of aromatic nitrogens is 1. The molecule has 0 amide bonds. The van der Waals surface area contributed by atoms with Crippen molar-refractivity contribution in [2.45, 2.75) is 32.2 Å². The maximum absolute atomic E-state index is 5.75. The molecule has 1 atom stereocenters. The molecule has 0 N–H and O–H groups in total. The van der Waals surface area contributed by atoms with Crippen LogP contribution in [0.4, 0.5) is 0 Å². The van der Waals surface area contributed by atoms with E-state index in [-0.39, 0.29) is 13.1 Å². The van der Waals surface area contributed by atoms with Crippen molar-refractivity contribution in [1.82, 2.24) is 4.98 Å². The molecule has 0 aliphatic carbocycles. The van der Waals surface area contributed by atoms with Crippen molar-refractivity contribution in [2.24, 2.45) is 0 Å². The maximum atomic E-state index is 5.75. The fraction of sp³-hybridized carbons (Fsp3) is 0.615. The maximum Gasteiger partial charge on any atom is 0.188 e. The van der Waals surface area contributed by atoms with E-state index in [4.69, 9.17) is 18.9 Å². The lowest BCUT2D eigenvalue weighted by atomic mass is 10.2. The molecular formula is C13H18BrNO4. The minimum atomic E-state index is -0.115. The summed E-state index contributed by atoms with van der Waals surface area (Å²) in [7, 11) is 1.58. The molecule has 5 nitrogen and oxygen atoms in total. The second-order valence-electron chi connectivity index (χ2n) is 4.25. The molecule has 1 aromatic heterocycles. The Morgan fingerprint density at radius 1 is 1.47 bits per heavy atom. The van der Waals surface area contributed by atoms with Crippen molar-refractivity contribution in [3.63, 3.8) is 0 Å². The highest BCUT2D eigenvalue weighted by Crippen LogP contribution is 2.28. The van der Waals surface area contributed by atoms with E-state index in [1.165, 1.54) is 0 Å². The average molecular weight is 332 g/mol. The minimum Gasteiger partial charge on any atom is -0.464 e. The summed E-state index contributed by atoms with van der Waals surface area (Å²) >= 11 is 3.36. The zero-order valence-corrected chi connectivity index (χ0v) is 12.5. The molecule has 0 aromatic carbocycles. The highest BCUT2D eigenvalue weighted by molar-refractivity contribution is 9.10. The van der Waals surface area contributed by atoms with E-state index in [0.29, 0.717) is 17.0 Å². The fourth-order valence-corrected chi connectivity index (χ4v) is 2.36. The van der Waals surface area contributed by atoms with Crippen molar-refractivity contribution >= 4 is 15.9 Å². The van der Waals surface area contributed by atoms with Gasteiger partial charge in [0.05, 0.1) is 6.61 Å². The van der Waals surface area contributed by atoms with Gasteiger partial charge in [0.25, 0.3) is 0 Å². The summed E-state index contributed by atoms with van der Waals surface area (Å²) in [6.07, 6.45) is 4.81. The molecule has 1 saturated heterocycles. The third-order valence-corrected chi connectivity index (χ3v) is 3.39. The SMILES string of the molecule is COCOc1c(COC2CCCCO2)ccnc1Br. The lowest BCUT2D eigenvalue weighted by molar-refractivity contribution is -0.169. The van der Waals surface area contributed by atoms with Gasteiger partial charge in [0, 0.05) is 25.5 Å². The summed E-state index contributed by atoms with van der Waals surface area (Å²) in [6.45, 7) is 1.39. The number of nitrogens with zero attached hydrogens (tertiary/aromatic N) is 1. The van der Waals surface area contributed by atoms with Crippen molar-refractivity contribution in [3.8, 4) is 5.75 Å². The third-order valence-electron chi connectivity index (χ3n) is 2.83. The van der Waals surface area contributed by atoms with Crippen LogP contribution in [0.3, 0.4) is 0 Å². The van der Waals surface area contributed by atoms with Crippen LogP contribution in [-0.2, 0) is 20.8 Å². The standard InChI is InChI=1S/C13H18BrNO4/c1-16-9-19-12-10(5-6-15-13(12)14)8-18-11-4-2-3-7-17-11/h5-6,11H,2-4,7-9H2,1H3. The Morgan fingerprint density at radius 3 is 3.11 bits per heavy atom. The van der Waals surface area contributed by atoms with Crippen LogP contribution < -0.4 is 4.74 Å². The van der Waals surface area contributed by atoms with E-state index >= 15 is 0 Å². The summed E-state index contributed by atoms with van der Waals surface area (Å²) in [4.78, 5) is 4.14. The van der Waals surface area contributed by atoms with E-state index in [1.807, 2.05) is 6.07 Å². The zero-order valence-electron chi connectivity index (χ0n) is 10.9. The molecule has 1 aromatic rings. The predicted molar refractivity (Wildman–Crippen MR) is 72.8 cm³/mol. The van der Waals surface area contributed by atoms with E-state index in [1.54, 1.807) is 13.3 Å². The second kappa shape index (κ2) is 7.79. The lowest BCUT2D eigenvalue weighted by Gasteiger charge is -2.23. The molecule has 106 valence electrons. The van der Waals surface area contributed by atoms with Crippen LogP contribution in [0.25, 0.3) is 0 Å². The fourth-order valence-electron chi connectivity index (χ4n) is 1.87. The van der Waals surface area contributed by atoms with Gasteiger partial charge in [-0.25, -0.2) is 4.98 Å². The van der Waals surface area contributed by atoms with E-state index in [9.17, 15) is 0 Å². The quantitative estimate of drug-likeness (QED) is 0.592. The average Bonchev–Trinajstić information content (AvgIpc) is 2.45. The third kappa shape index (κ3) is 4.42. The molecule has 6 heteroatoms. The molecule has 0 bridgehead atoms. The topological polar surface area (TPSA) is 49.8 Å². The Hall–Kier alpha value is -0.690. The van der Waals surface area contributed by atoms with Crippen molar-refractivity contribution < 1.29 is 18.9 Å². The van der Waals surface area contributed by atoms with E-state index < -0.39 is 0 Å². The van der Waals surface area contributed by atoms with Gasteiger partial charge in [-0.2, -0.15) is 0 Å². The highest BCUT2D eigenvalue weighted by atomic mass is 79.9. The monoisotopic (exact) mass is 331 g/mol. The summed E-state index contributed by atoms with van der Waals surface area (Å²) in [5.74, 6) is 0.653. The Balaban J connectivity index is 1.96. The molecule has 2 heterocycles. The van der Waals surface area contributed by atoms with Gasteiger partial charge in [-0.15, -0.1) is 0 Å². The summed E-state index contributed by atoms with van der Waals surface area (Å²) in [6, 6.07) is 1.87. The molecule has 1 unspecified atom stereocenters. The molecule has 1 fully saturated rings. The van der Waals surface area contributed by atoms with Gasteiger partial charge in [0.1, 0.15) is 4.60 Å². The Morgan fingerprint density at radius 2 is 2.37 bits per heavy atom. The normalized spacial score (nSPS) is 19.4. The first-order chi connectivity index (χ1) is 9.31. The number of methoxy groups -OCH3 is 1. The first-order valence-corrected chi connectivity index (χ1v) is 7.09. The first-order valence-electron chi connectivity index (χ1n) is 6.29. The van der Waals surface area contributed by atoms with Gasteiger partial charge >= 0.3 is 0 Å². The van der Waals surface area contributed by atoms with Crippen molar-refractivity contribution in [1.29, 1.82) is 0 Å². The second-order valence-corrected chi connectivity index (χ2v) is 5.00. The Labute approximate surface area is 121 Å². The number of hydrogen-bond acceptors (Lipinski definition) is 5. The highest BCUT2D eigenvalue weighted by Gasteiger charge is 2.16. The summed E-state index contributed by atoms with van der Waals surface area (Å²) in [5.41, 5.74) is 0.924. The zero-order chi connectivity index (χ0) is 13.5. The van der Waals surface area contributed by atoms with Crippen LogP contribution >= 0.6 is 15.9 Å². The van der Waals surface area contributed by atoms with Crippen LogP contribution in [0.15, 0.2) is 16.9 Å². The molecular weight excluding hydrogens is 314 g/mol. The van der Waals surface area contributed by atoms with Crippen LogP contribution in [-0.4, -0.2) is 31.8 Å². The smallest absolute Gasteiger partial charge is 0.188 e. The van der Waals surface area contributed by atoms with Crippen molar-refractivity contribution in [2.75, 3.05) is 20.5 Å². The lowest BCUT2D eigenvalue weighted by Crippen LogP contribution is -2.22. The van der Waals surface area contributed by atoms with E-state index in [0.717, 1.165) is 31.4 Å². The molecule has 0 spiro atoms. The molecule has 19 heavy (non-hydrogen) atoms. The van der Waals surface area contributed by atoms with Gasteiger partial charge in [-0.1, -0.05) is 0 Å². The molecule has 0 saturated carbocycles. The number of pyridine rings is 1. The van der Waals surface area contributed by atoms with Crippen LogP contribution in [0.2, 0.25) is 0 Å². The number of halogens is 1. The predicted octanol–water partition coefficient (Wildman–Crippen LogP) is 2.87. The molecule has 1 aliphatic heterocycles. The summed E-state index contributed by atoms with van der Waals surface area (Å²) < 4.78 is 22.4. The van der Waals surface area contributed by atoms with Gasteiger partial charge in [0.15, 0.2) is 18.8 Å². The van der Waals surface area contributed by atoms with Crippen LogP contribution in [0.5, 0.6) is 5.75 Å². The molecule has 2 rings (SSSR count). The van der Waals surface area contributed by atoms with Gasteiger partial charge < -0.3 is 18.9 Å². The molecule has 0 radical (unpaired) electrons. The van der Waals surface area contributed by atoms with E-state index in [2.05, 4.69) is 20.9 Å². The summed E-state index contributed by atoms with van der Waals surface area (Å²) in [5, 5.41) is 0. The Bertz CT molecular complexity index is 396. The van der Waals surface area contributed by atoms with Gasteiger partial charge in [-0.3, -0.25) is 0 Å². The Kier molecular flexibility index (Phi) is 6.03. The number of rotatable bonds is 6. The first kappa shape index (κ1) is 14.7. The minimum absolute atomic E-state index is 0.115. The van der Waals surface area contributed by atoms with Gasteiger partial charge in [0.2, 0.25) is 0 Å². The van der Waals surface area contributed by atoms with Crippen LogP contribution in [0.1, 0.15) is 24.8 Å². The van der Waals surface area contributed by atoms with Gasteiger partial charge in [-0.05, 0) is 41.3 Å². The largest absolute Gasteiger partial charge is 0.464 e. The number of ether oxygens (including phenoxy) is 4. The number of hydrogen-bond donors (Lipinski definition) is 0. The van der Waals surface area contributed by atoms with Crippen molar-refractivity contribution in [3.05, 3.63) is 22.4 Å².